The van der Waals surface area contributed by atoms with E-state index in [0.717, 1.165) is 6.54 Å². The van der Waals surface area contributed by atoms with E-state index in [-0.39, 0.29) is 6.10 Å². The molecule has 2 atom stereocenters. The van der Waals surface area contributed by atoms with Gasteiger partial charge in [-0.05, 0) is 6.92 Å². The van der Waals surface area contributed by atoms with E-state index < -0.39 is 0 Å². The molecule has 0 aromatic rings. The molecular formula is C8H20N2O2. The van der Waals surface area contributed by atoms with E-state index >= 15 is 0 Å². The van der Waals surface area contributed by atoms with Crippen LogP contribution < -0.4 is 11.1 Å². The molecule has 0 aliphatic rings. The average Bonchev–Trinajstić information content (AvgIpc) is 2.11. The Morgan fingerprint density at radius 2 is 2.08 bits per heavy atom. The van der Waals surface area contributed by atoms with Crippen LogP contribution in [0.15, 0.2) is 0 Å². The Hall–Kier alpha value is -0.160. The van der Waals surface area contributed by atoms with Gasteiger partial charge in [-0.3, -0.25) is 0 Å². The first-order chi connectivity index (χ1) is 5.74. The molecule has 12 heavy (non-hydrogen) atoms. The average molecular weight is 176 g/mol. The number of methoxy groups -OCH3 is 2. The first-order valence-electron chi connectivity index (χ1n) is 4.19. The molecule has 0 amide bonds. The number of hydrogen-bond donors (Lipinski definition) is 2. The normalized spacial score (nSPS) is 16.0. The van der Waals surface area contributed by atoms with Gasteiger partial charge in [0.05, 0.1) is 12.7 Å². The molecule has 0 aromatic carbocycles. The first-order valence-corrected chi connectivity index (χ1v) is 4.19. The van der Waals surface area contributed by atoms with Crippen molar-refractivity contribution >= 4 is 0 Å². The molecule has 0 fully saturated rings. The van der Waals surface area contributed by atoms with Gasteiger partial charge in [-0.15, -0.1) is 0 Å². The molecule has 3 N–H and O–H groups in total. The van der Waals surface area contributed by atoms with Crippen LogP contribution in [0.4, 0.5) is 0 Å². The quantitative estimate of drug-likeness (QED) is 0.553. The Labute approximate surface area is 74.4 Å². The highest BCUT2D eigenvalue weighted by atomic mass is 16.5. The number of rotatable bonds is 7. The van der Waals surface area contributed by atoms with Crippen molar-refractivity contribution in [1.82, 2.24) is 5.32 Å². The van der Waals surface area contributed by atoms with E-state index in [0.29, 0.717) is 19.2 Å². The van der Waals surface area contributed by atoms with E-state index in [1.54, 1.807) is 14.2 Å². The Balaban J connectivity index is 3.43. The van der Waals surface area contributed by atoms with Crippen molar-refractivity contribution in [2.24, 2.45) is 5.73 Å². The summed E-state index contributed by atoms with van der Waals surface area (Å²) in [6, 6.07) is 0.333. The van der Waals surface area contributed by atoms with Crippen LogP contribution >= 0.6 is 0 Å². The minimum atomic E-state index is 0.115. The van der Waals surface area contributed by atoms with Gasteiger partial charge in [0, 0.05) is 33.4 Å². The van der Waals surface area contributed by atoms with Gasteiger partial charge in [0.2, 0.25) is 0 Å². The SMILES string of the molecule is COCC(CNC(C)CN)OC. The summed E-state index contributed by atoms with van der Waals surface area (Å²) in [5, 5.41) is 3.24. The summed E-state index contributed by atoms with van der Waals surface area (Å²) >= 11 is 0. The highest BCUT2D eigenvalue weighted by Gasteiger charge is 2.07. The van der Waals surface area contributed by atoms with Crippen molar-refractivity contribution < 1.29 is 9.47 Å². The molecular weight excluding hydrogens is 156 g/mol. The summed E-state index contributed by atoms with van der Waals surface area (Å²) in [6.45, 7) is 4.08. The highest BCUT2D eigenvalue weighted by molar-refractivity contribution is 4.65. The number of nitrogens with two attached hydrogens (primary N) is 1. The molecule has 0 saturated heterocycles. The molecule has 0 aliphatic carbocycles. The van der Waals surface area contributed by atoms with Crippen LogP contribution in [0.2, 0.25) is 0 Å². The Kier molecular flexibility index (Phi) is 7.39. The Morgan fingerprint density at radius 3 is 2.50 bits per heavy atom. The third kappa shape index (κ3) is 5.49. The lowest BCUT2D eigenvalue weighted by Gasteiger charge is -2.17. The largest absolute Gasteiger partial charge is 0.382 e. The van der Waals surface area contributed by atoms with Gasteiger partial charge < -0.3 is 20.5 Å². The van der Waals surface area contributed by atoms with Gasteiger partial charge in [-0.1, -0.05) is 0 Å². The van der Waals surface area contributed by atoms with Crippen LogP contribution in [0.3, 0.4) is 0 Å². The van der Waals surface area contributed by atoms with E-state index in [4.69, 9.17) is 15.2 Å². The molecule has 0 radical (unpaired) electrons. The van der Waals surface area contributed by atoms with Crippen LogP contribution in [-0.2, 0) is 9.47 Å². The fraction of sp³-hybridized carbons (Fsp3) is 1.00. The molecule has 74 valence electrons. The molecule has 2 unspecified atom stereocenters. The minimum Gasteiger partial charge on any atom is -0.382 e. The van der Waals surface area contributed by atoms with Gasteiger partial charge in [0.15, 0.2) is 0 Å². The zero-order chi connectivity index (χ0) is 9.40. The van der Waals surface area contributed by atoms with E-state index in [1.165, 1.54) is 0 Å². The molecule has 0 bridgehead atoms. The summed E-state index contributed by atoms with van der Waals surface area (Å²) in [4.78, 5) is 0. The van der Waals surface area contributed by atoms with Gasteiger partial charge in [0.1, 0.15) is 0 Å². The van der Waals surface area contributed by atoms with Crippen molar-refractivity contribution in [3.63, 3.8) is 0 Å². The molecule has 0 heterocycles. The highest BCUT2D eigenvalue weighted by Crippen LogP contribution is 1.89. The van der Waals surface area contributed by atoms with E-state index in [1.807, 2.05) is 6.92 Å². The van der Waals surface area contributed by atoms with Crippen molar-refractivity contribution in [2.75, 3.05) is 33.9 Å². The van der Waals surface area contributed by atoms with Crippen molar-refractivity contribution in [1.29, 1.82) is 0 Å². The maximum atomic E-state index is 5.44. The van der Waals surface area contributed by atoms with Crippen molar-refractivity contribution in [2.45, 2.75) is 19.1 Å². The molecule has 4 nitrogen and oxygen atoms in total. The van der Waals surface area contributed by atoms with Crippen LogP contribution in [0.25, 0.3) is 0 Å². The fourth-order valence-electron chi connectivity index (χ4n) is 0.812. The summed E-state index contributed by atoms with van der Waals surface area (Å²) in [6.07, 6.45) is 0.115. The lowest BCUT2D eigenvalue weighted by molar-refractivity contribution is 0.0278. The van der Waals surface area contributed by atoms with E-state index in [9.17, 15) is 0 Å². The zero-order valence-electron chi connectivity index (χ0n) is 8.17. The van der Waals surface area contributed by atoms with Crippen LogP contribution in [0.1, 0.15) is 6.92 Å². The molecule has 4 heteroatoms. The number of hydrogen-bond acceptors (Lipinski definition) is 4. The summed E-state index contributed by atoms with van der Waals surface area (Å²) in [5.74, 6) is 0. The van der Waals surface area contributed by atoms with E-state index in [2.05, 4.69) is 5.32 Å². The molecule has 0 rings (SSSR count). The molecule has 0 aliphatic heterocycles. The Morgan fingerprint density at radius 1 is 1.42 bits per heavy atom. The monoisotopic (exact) mass is 176 g/mol. The maximum Gasteiger partial charge on any atom is 0.0928 e. The van der Waals surface area contributed by atoms with Crippen LogP contribution in [0, 0.1) is 0 Å². The second kappa shape index (κ2) is 7.49. The predicted molar refractivity (Wildman–Crippen MR) is 49.2 cm³/mol. The molecule has 0 saturated carbocycles. The summed E-state index contributed by atoms with van der Waals surface area (Å²) < 4.78 is 10.1. The summed E-state index contributed by atoms with van der Waals surface area (Å²) in [5.41, 5.74) is 5.44. The van der Waals surface area contributed by atoms with Gasteiger partial charge in [0.25, 0.3) is 0 Å². The smallest absolute Gasteiger partial charge is 0.0928 e. The fourth-order valence-corrected chi connectivity index (χ4v) is 0.812. The Bertz CT molecular complexity index is 101. The first kappa shape index (κ1) is 11.8. The second-order valence-corrected chi connectivity index (χ2v) is 2.86. The third-order valence-corrected chi connectivity index (χ3v) is 1.73. The number of nitrogens with one attached hydrogen (secondary N) is 1. The standard InChI is InChI=1S/C8H20N2O2/c1-7(4-9)10-5-8(12-3)6-11-2/h7-8,10H,4-6,9H2,1-3H3. The number of ether oxygens (including phenoxy) is 2. The predicted octanol–water partition coefficient (Wildman–Crippen LogP) is -0.415. The maximum absolute atomic E-state index is 5.44. The van der Waals surface area contributed by atoms with Gasteiger partial charge >= 0.3 is 0 Å². The zero-order valence-corrected chi connectivity index (χ0v) is 8.17. The van der Waals surface area contributed by atoms with Gasteiger partial charge in [-0.25, -0.2) is 0 Å². The lowest BCUT2D eigenvalue weighted by atomic mass is 10.3. The summed E-state index contributed by atoms with van der Waals surface area (Å²) in [7, 11) is 3.34. The minimum absolute atomic E-state index is 0.115. The molecule has 0 aromatic heterocycles. The van der Waals surface area contributed by atoms with Gasteiger partial charge in [-0.2, -0.15) is 0 Å². The van der Waals surface area contributed by atoms with Crippen molar-refractivity contribution in [3.8, 4) is 0 Å². The molecule has 0 spiro atoms. The lowest BCUT2D eigenvalue weighted by Crippen LogP contribution is -2.40. The third-order valence-electron chi connectivity index (χ3n) is 1.73. The topological polar surface area (TPSA) is 56.5 Å². The van der Waals surface area contributed by atoms with Crippen LogP contribution in [-0.4, -0.2) is 46.1 Å². The second-order valence-electron chi connectivity index (χ2n) is 2.86. The van der Waals surface area contributed by atoms with Crippen LogP contribution in [0.5, 0.6) is 0 Å². The van der Waals surface area contributed by atoms with Crippen molar-refractivity contribution in [3.05, 3.63) is 0 Å².